The Morgan fingerprint density at radius 3 is 2.32 bits per heavy atom. The molecule has 0 saturated carbocycles. The topological polar surface area (TPSA) is 92.4 Å². The van der Waals surface area contributed by atoms with Gasteiger partial charge in [0.15, 0.2) is 0 Å². The van der Waals surface area contributed by atoms with E-state index in [9.17, 15) is 9.59 Å². The Morgan fingerprint density at radius 1 is 1.32 bits per heavy atom. The molecule has 1 amide bonds. The maximum absolute atomic E-state index is 12.0. The Balaban J connectivity index is 2.97. The third-order valence-corrected chi connectivity index (χ3v) is 2.79. The Kier molecular flexibility index (Phi) is 4.42. The van der Waals surface area contributed by atoms with Gasteiger partial charge in [0.25, 0.3) is 5.91 Å². The Labute approximate surface area is 116 Å². The Morgan fingerprint density at radius 2 is 1.89 bits per heavy atom. The summed E-state index contributed by atoms with van der Waals surface area (Å²) in [6.07, 6.45) is 0. The van der Waals surface area contributed by atoms with Gasteiger partial charge in [0.1, 0.15) is 6.04 Å². The van der Waals surface area contributed by atoms with E-state index in [-0.39, 0.29) is 5.56 Å². The number of halogens is 1. The van der Waals surface area contributed by atoms with Crippen molar-refractivity contribution >= 4 is 29.2 Å². The van der Waals surface area contributed by atoms with Gasteiger partial charge in [0, 0.05) is 16.3 Å². The number of rotatable bonds is 3. The van der Waals surface area contributed by atoms with Crippen LogP contribution in [0.5, 0.6) is 0 Å². The number of hydrogen-bond donors (Lipinski definition) is 3. The molecule has 0 heterocycles. The van der Waals surface area contributed by atoms with Crippen molar-refractivity contribution in [2.75, 3.05) is 5.73 Å². The first-order chi connectivity index (χ1) is 8.61. The van der Waals surface area contributed by atoms with Crippen LogP contribution >= 0.6 is 11.6 Å². The molecule has 1 aromatic rings. The predicted molar refractivity (Wildman–Crippen MR) is 74.2 cm³/mol. The maximum Gasteiger partial charge on any atom is 0.326 e. The molecule has 4 N–H and O–H groups in total. The molecule has 1 rings (SSSR count). The van der Waals surface area contributed by atoms with Crippen molar-refractivity contribution in [3.8, 4) is 0 Å². The number of carbonyl (C=O) groups excluding carboxylic acids is 1. The van der Waals surface area contributed by atoms with E-state index in [0.29, 0.717) is 10.7 Å². The van der Waals surface area contributed by atoms with E-state index in [2.05, 4.69) is 5.32 Å². The van der Waals surface area contributed by atoms with Crippen molar-refractivity contribution in [1.82, 2.24) is 5.32 Å². The first kappa shape index (κ1) is 15.3. The lowest BCUT2D eigenvalue weighted by atomic mass is 9.86. The lowest BCUT2D eigenvalue weighted by molar-refractivity contribution is -0.142. The molecule has 0 bridgehead atoms. The minimum Gasteiger partial charge on any atom is -0.480 e. The van der Waals surface area contributed by atoms with Gasteiger partial charge in [0.2, 0.25) is 0 Å². The third kappa shape index (κ3) is 4.13. The minimum atomic E-state index is -1.09. The number of nitrogens with one attached hydrogen (secondary N) is 1. The van der Waals surface area contributed by atoms with Crippen LogP contribution in [0.4, 0.5) is 5.69 Å². The quantitative estimate of drug-likeness (QED) is 0.742. The average Bonchev–Trinajstić information content (AvgIpc) is 2.21. The van der Waals surface area contributed by atoms with Gasteiger partial charge < -0.3 is 16.2 Å². The highest BCUT2D eigenvalue weighted by Gasteiger charge is 2.32. The fraction of sp³-hybridized carbons (Fsp3) is 0.385. The monoisotopic (exact) mass is 284 g/mol. The summed E-state index contributed by atoms with van der Waals surface area (Å²) in [4.78, 5) is 23.2. The highest BCUT2D eigenvalue weighted by molar-refractivity contribution is 6.31. The molecule has 0 aromatic heterocycles. The van der Waals surface area contributed by atoms with Crippen LogP contribution < -0.4 is 11.1 Å². The van der Waals surface area contributed by atoms with Crippen LogP contribution in [-0.2, 0) is 4.79 Å². The van der Waals surface area contributed by atoms with E-state index in [1.165, 1.54) is 18.2 Å². The van der Waals surface area contributed by atoms with Gasteiger partial charge >= 0.3 is 5.97 Å². The van der Waals surface area contributed by atoms with Gasteiger partial charge in [0.05, 0.1) is 0 Å². The number of benzene rings is 1. The zero-order valence-corrected chi connectivity index (χ0v) is 11.8. The summed E-state index contributed by atoms with van der Waals surface area (Å²) >= 11 is 5.81. The minimum absolute atomic E-state index is 0.237. The molecular weight excluding hydrogens is 268 g/mol. The van der Waals surface area contributed by atoms with Crippen LogP contribution in [0.15, 0.2) is 18.2 Å². The Hall–Kier alpha value is -1.75. The van der Waals surface area contributed by atoms with Gasteiger partial charge in [-0.2, -0.15) is 0 Å². The molecule has 104 valence electrons. The summed E-state index contributed by atoms with van der Waals surface area (Å²) in [6.45, 7) is 5.20. The number of nitrogens with two attached hydrogens (primary N) is 1. The average molecular weight is 285 g/mol. The largest absolute Gasteiger partial charge is 0.480 e. The van der Waals surface area contributed by atoms with Crippen molar-refractivity contribution in [1.29, 1.82) is 0 Å². The first-order valence-electron chi connectivity index (χ1n) is 5.71. The fourth-order valence-corrected chi connectivity index (χ4v) is 1.85. The molecule has 0 aliphatic rings. The molecule has 6 heteroatoms. The van der Waals surface area contributed by atoms with Crippen molar-refractivity contribution in [2.45, 2.75) is 26.8 Å². The SMILES string of the molecule is CC(C)(C)[C@@H](NC(=O)c1cc(N)cc(Cl)c1)C(=O)O. The summed E-state index contributed by atoms with van der Waals surface area (Å²) in [5.41, 5.74) is 5.57. The van der Waals surface area contributed by atoms with Crippen molar-refractivity contribution < 1.29 is 14.7 Å². The second-order valence-electron chi connectivity index (χ2n) is 5.38. The molecular formula is C13H17ClN2O3. The third-order valence-electron chi connectivity index (χ3n) is 2.57. The lowest BCUT2D eigenvalue weighted by Gasteiger charge is -2.27. The van der Waals surface area contributed by atoms with Gasteiger partial charge in [-0.15, -0.1) is 0 Å². The Bertz CT molecular complexity index is 489. The van der Waals surface area contributed by atoms with Crippen LogP contribution in [0, 0.1) is 5.41 Å². The summed E-state index contributed by atoms with van der Waals surface area (Å²) in [6, 6.07) is 3.40. The molecule has 0 fully saturated rings. The summed E-state index contributed by atoms with van der Waals surface area (Å²) < 4.78 is 0. The highest BCUT2D eigenvalue weighted by atomic mass is 35.5. The van der Waals surface area contributed by atoms with Gasteiger partial charge in [-0.3, -0.25) is 4.79 Å². The highest BCUT2D eigenvalue weighted by Crippen LogP contribution is 2.21. The predicted octanol–water partition coefficient (Wildman–Crippen LogP) is 2.15. The molecule has 0 unspecified atom stereocenters. The second-order valence-corrected chi connectivity index (χ2v) is 5.82. The van der Waals surface area contributed by atoms with Gasteiger partial charge in [-0.25, -0.2) is 4.79 Å². The van der Waals surface area contributed by atoms with Crippen LogP contribution in [0.3, 0.4) is 0 Å². The van der Waals surface area contributed by atoms with Crippen molar-refractivity contribution in [2.24, 2.45) is 5.41 Å². The van der Waals surface area contributed by atoms with Crippen LogP contribution in [-0.4, -0.2) is 23.0 Å². The second kappa shape index (κ2) is 5.48. The summed E-state index contributed by atoms with van der Waals surface area (Å²) in [5, 5.41) is 11.9. The molecule has 5 nitrogen and oxygen atoms in total. The number of aliphatic carboxylic acids is 1. The zero-order chi connectivity index (χ0) is 14.8. The fourth-order valence-electron chi connectivity index (χ4n) is 1.61. The molecule has 0 radical (unpaired) electrons. The molecule has 0 spiro atoms. The molecule has 1 aromatic carbocycles. The van der Waals surface area contributed by atoms with E-state index < -0.39 is 23.3 Å². The van der Waals surface area contributed by atoms with E-state index in [1.807, 2.05) is 0 Å². The van der Waals surface area contributed by atoms with E-state index in [1.54, 1.807) is 20.8 Å². The molecule has 1 atom stereocenters. The first-order valence-corrected chi connectivity index (χ1v) is 6.09. The number of nitrogen functional groups attached to an aromatic ring is 1. The van der Waals surface area contributed by atoms with Gasteiger partial charge in [-0.05, 0) is 23.6 Å². The normalized spacial score (nSPS) is 12.8. The van der Waals surface area contributed by atoms with E-state index >= 15 is 0 Å². The number of carboxylic acid groups (broad SMARTS) is 1. The van der Waals surface area contributed by atoms with Gasteiger partial charge in [-0.1, -0.05) is 32.4 Å². The number of hydrogen-bond acceptors (Lipinski definition) is 3. The van der Waals surface area contributed by atoms with Crippen LogP contribution in [0.25, 0.3) is 0 Å². The molecule has 0 aliphatic carbocycles. The lowest BCUT2D eigenvalue weighted by Crippen LogP contribution is -2.49. The standard InChI is InChI=1S/C13H17ClN2O3/c1-13(2,3)10(12(18)19)16-11(17)7-4-8(14)6-9(15)5-7/h4-6,10H,15H2,1-3H3,(H,16,17)(H,18,19)/t10-/m0/s1. The zero-order valence-electron chi connectivity index (χ0n) is 11.0. The van der Waals surface area contributed by atoms with Crippen molar-refractivity contribution in [3.63, 3.8) is 0 Å². The van der Waals surface area contributed by atoms with E-state index in [0.717, 1.165) is 0 Å². The summed E-state index contributed by atoms with van der Waals surface area (Å²) in [5.74, 6) is -1.60. The van der Waals surface area contributed by atoms with Crippen molar-refractivity contribution in [3.05, 3.63) is 28.8 Å². The van der Waals surface area contributed by atoms with E-state index in [4.69, 9.17) is 22.4 Å². The summed E-state index contributed by atoms with van der Waals surface area (Å²) in [7, 11) is 0. The smallest absolute Gasteiger partial charge is 0.326 e. The number of carbonyl (C=O) groups is 2. The van der Waals surface area contributed by atoms with Crippen LogP contribution in [0.2, 0.25) is 5.02 Å². The number of amides is 1. The number of carboxylic acids is 1. The molecule has 19 heavy (non-hydrogen) atoms. The number of anilines is 1. The molecule has 0 aliphatic heterocycles. The maximum atomic E-state index is 12.0. The van der Waals surface area contributed by atoms with Crippen LogP contribution in [0.1, 0.15) is 31.1 Å². The molecule has 0 saturated heterocycles.